The van der Waals surface area contributed by atoms with E-state index < -0.39 is 17.6 Å². The maximum absolute atomic E-state index is 13.7. The Morgan fingerprint density at radius 3 is 2.60 bits per heavy atom. The number of carbonyl (C=O) groups excluding carboxylic acids is 1. The van der Waals surface area contributed by atoms with Crippen molar-refractivity contribution in [1.82, 2.24) is 20.2 Å². The van der Waals surface area contributed by atoms with Gasteiger partial charge in [0, 0.05) is 66.2 Å². The molecular weight excluding hydrogens is 525 g/mol. The second kappa shape index (κ2) is 11.8. The van der Waals surface area contributed by atoms with Crippen LogP contribution in [0.4, 0.5) is 30.5 Å². The number of benzene rings is 3. The molecule has 12 heteroatoms. The number of alkyl halides is 3. The maximum atomic E-state index is 13.7. The van der Waals surface area contributed by atoms with Crippen molar-refractivity contribution < 1.29 is 27.4 Å². The number of ether oxygens (including phenoxy) is 2. The Hall–Kier alpha value is -4.42. The molecule has 0 unspecified atom stereocenters. The van der Waals surface area contributed by atoms with E-state index in [2.05, 4.69) is 25.5 Å². The first kappa shape index (κ1) is 27.2. The van der Waals surface area contributed by atoms with E-state index in [0.29, 0.717) is 37.7 Å². The Morgan fingerprint density at radius 1 is 1.05 bits per heavy atom. The second-order valence-electron chi connectivity index (χ2n) is 9.15. The average Bonchev–Trinajstić information content (AvgIpc) is 2.95. The van der Waals surface area contributed by atoms with E-state index in [-0.39, 0.29) is 23.1 Å². The normalized spacial score (nSPS) is 14.2. The number of carbonyl (C=O) groups is 1. The maximum Gasteiger partial charge on any atom is 0.416 e. The van der Waals surface area contributed by atoms with Crippen molar-refractivity contribution in [1.29, 1.82) is 0 Å². The van der Waals surface area contributed by atoms with Crippen molar-refractivity contribution in [3.05, 3.63) is 78.0 Å². The molecule has 9 nitrogen and oxygen atoms in total. The van der Waals surface area contributed by atoms with Crippen LogP contribution in [0, 0.1) is 0 Å². The Kier molecular flexibility index (Phi) is 7.99. The molecule has 5 rings (SSSR count). The van der Waals surface area contributed by atoms with Gasteiger partial charge in [0.2, 0.25) is 11.8 Å². The summed E-state index contributed by atoms with van der Waals surface area (Å²) in [5.74, 6) is 0.0518. The van der Waals surface area contributed by atoms with Crippen LogP contribution in [0.1, 0.15) is 15.9 Å². The van der Waals surface area contributed by atoms with Crippen LogP contribution >= 0.6 is 0 Å². The number of nitrogen functional groups attached to an aromatic ring is 1. The van der Waals surface area contributed by atoms with Crippen LogP contribution in [0.3, 0.4) is 0 Å². The van der Waals surface area contributed by atoms with Gasteiger partial charge < -0.3 is 25.8 Å². The van der Waals surface area contributed by atoms with E-state index in [1.807, 2.05) is 24.3 Å². The van der Waals surface area contributed by atoms with E-state index in [0.717, 1.165) is 36.0 Å². The largest absolute Gasteiger partial charge is 0.438 e. The standard InChI is InChI=1S/C28H27F3N6O3/c29-28(30,31)19-15-18(26(38)33-9-10-37-11-13-39-14-12-37)16-20(17-19)35-27-34-8-7-25(36-27)40-24-6-5-23(32)21-3-1-2-4-22(21)24/h1-8,15-17H,9-14,32H2,(H,33,38)(H,34,35,36). The highest BCUT2D eigenvalue weighted by Crippen LogP contribution is 2.34. The van der Waals surface area contributed by atoms with E-state index >= 15 is 0 Å². The number of rotatable bonds is 8. The first-order chi connectivity index (χ1) is 19.3. The molecule has 2 heterocycles. The fourth-order valence-corrected chi connectivity index (χ4v) is 4.33. The molecule has 3 aromatic carbocycles. The first-order valence-corrected chi connectivity index (χ1v) is 12.6. The summed E-state index contributed by atoms with van der Waals surface area (Å²) < 4.78 is 52.3. The summed E-state index contributed by atoms with van der Waals surface area (Å²) in [5, 5.41) is 7.05. The lowest BCUT2D eigenvalue weighted by atomic mass is 10.1. The summed E-state index contributed by atoms with van der Waals surface area (Å²) in [4.78, 5) is 23.3. The molecule has 4 N–H and O–H groups in total. The molecule has 1 aliphatic heterocycles. The van der Waals surface area contributed by atoms with Crippen molar-refractivity contribution in [3.8, 4) is 11.6 Å². The van der Waals surface area contributed by atoms with Crippen LogP contribution in [-0.4, -0.2) is 60.2 Å². The van der Waals surface area contributed by atoms with Gasteiger partial charge in [-0.15, -0.1) is 0 Å². The number of morpholine rings is 1. The van der Waals surface area contributed by atoms with Gasteiger partial charge in [-0.1, -0.05) is 24.3 Å². The number of nitrogens with zero attached hydrogens (tertiary/aromatic N) is 3. The van der Waals surface area contributed by atoms with E-state index in [4.69, 9.17) is 15.2 Å². The van der Waals surface area contributed by atoms with Gasteiger partial charge in [0.25, 0.3) is 5.91 Å². The fraction of sp³-hybridized carbons (Fsp3) is 0.250. The van der Waals surface area contributed by atoms with Crippen LogP contribution in [0.2, 0.25) is 0 Å². The zero-order valence-corrected chi connectivity index (χ0v) is 21.4. The number of hydrogen-bond donors (Lipinski definition) is 3. The molecule has 4 aromatic rings. The van der Waals surface area contributed by atoms with Crippen LogP contribution in [0.5, 0.6) is 11.6 Å². The van der Waals surface area contributed by atoms with Crippen molar-refractivity contribution in [3.63, 3.8) is 0 Å². The Bertz CT molecular complexity index is 1510. The number of fused-ring (bicyclic) bond motifs is 1. The fourth-order valence-electron chi connectivity index (χ4n) is 4.33. The number of halogens is 3. The monoisotopic (exact) mass is 552 g/mol. The van der Waals surface area contributed by atoms with Crippen molar-refractivity contribution in [2.45, 2.75) is 6.18 Å². The number of nitrogens with two attached hydrogens (primary N) is 1. The molecular formula is C28H27F3N6O3. The predicted octanol–water partition coefficient (Wildman–Crippen LogP) is 4.83. The first-order valence-electron chi connectivity index (χ1n) is 12.6. The quantitative estimate of drug-likeness (QED) is 0.267. The Labute approximate surface area is 228 Å². The minimum absolute atomic E-state index is 0.00300. The third kappa shape index (κ3) is 6.58. The molecule has 0 saturated carbocycles. The van der Waals surface area contributed by atoms with Crippen molar-refractivity contribution in [2.24, 2.45) is 0 Å². The lowest BCUT2D eigenvalue weighted by molar-refractivity contribution is -0.137. The van der Waals surface area contributed by atoms with Crippen LogP contribution in [-0.2, 0) is 10.9 Å². The lowest BCUT2D eigenvalue weighted by Gasteiger charge is -2.26. The van der Waals surface area contributed by atoms with E-state index in [1.54, 1.807) is 12.1 Å². The van der Waals surface area contributed by atoms with Gasteiger partial charge in [-0.25, -0.2) is 4.98 Å². The highest BCUT2D eigenvalue weighted by atomic mass is 19.4. The number of anilines is 3. The summed E-state index contributed by atoms with van der Waals surface area (Å²) in [6.45, 7) is 3.57. The molecule has 1 saturated heterocycles. The average molecular weight is 553 g/mol. The van der Waals surface area contributed by atoms with Crippen LogP contribution in [0.25, 0.3) is 10.8 Å². The van der Waals surface area contributed by atoms with Gasteiger partial charge in [-0.3, -0.25) is 9.69 Å². The summed E-state index contributed by atoms with van der Waals surface area (Å²) in [6.07, 6.45) is -3.25. The lowest BCUT2D eigenvalue weighted by Crippen LogP contribution is -2.41. The summed E-state index contributed by atoms with van der Waals surface area (Å²) in [7, 11) is 0. The molecule has 0 spiro atoms. The van der Waals surface area contributed by atoms with Crippen LogP contribution in [0.15, 0.2) is 66.9 Å². The predicted molar refractivity (Wildman–Crippen MR) is 145 cm³/mol. The van der Waals surface area contributed by atoms with E-state index in [9.17, 15) is 18.0 Å². The zero-order chi connectivity index (χ0) is 28.1. The number of nitrogens with one attached hydrogen (secondary N) is 2. The smallest absolute Gasteiger partial charge is 0.416 e. The number of hydrogen-bond acceptors (Lipinski definition) is 8. The molecule has 0 radical (unpaired) electrons. The Morgan fingerprint density at radius 2 is 1.82 bits per heavy atom. The van der Waals surface area contributed by atoms with Crippen molar-refractivity contribution in [2.75, 3.05) is 50.4 Å². The summed E-state index contributed by atoms with van der Waals surface area (Å²) in [5.41, 5.74) is 5.54. The van der Waals surface area contributed by atoms with Gasteiger partial charge in [-0.2, -0.15) is 18.2 Å². The van der Waals surface area contributed by atoms with Gasteiger partial charge in [0.15, 0.2) is 0 Å². The Balaban J connectivity index is 1.33. The molecule has 1 aromatic heterocycles. The minimum atomic E-state index is -4.66. The zero-order valence-electron chi connectivity index (χ0n) is 21.4. The number of amides is 1. The van der Waals surface area contributed by atoms with Crippen molar-refractivity contribution >= 4 is 34.0 Å². The minimum Gasteiger partial charge on any atom is -0.438 e. The third-order valence-corrected chi connectivity index (χ3v) is 6.36. The van der Waals surface area contributed by atoms with Gasteiger partial charge >= 0.3 is 6.18 Å². The van der Waals surface area contributed by atoms with Gasteiger partial charge in [0.1, 0.15) is 5.75 Å². The molecule has 1 amide bonds. The molecule has 208 valence electrons. The third-order valence-electron chi connectivity index (χ3n) is 6.36. The molecule has 0 bridgehead atoms. The SMILES string of the molecule is Nc1ccc(Oc2ccnc(Nc3cc(C(=O)NCCN4CCOCC4)cc(C(F)(F)F)c3)n2)c2ccccc12. The molecule has 1 fully saturated rings. The highest BCUT2D eigenvalue weighted by Gasteiger charge is 2.32. The molecule has 1 aliphatic rings. The molecule has 0 aliphatic carbocycles. The van der Waals surface area contributed by atoms with Gasteiger partial charge in [0.05, 0.1) is 18.8 Å². The van der Waals surface area contributed by atoms with Crippen LogP contribution < -0.4 is 21.1 Å². The van der Waals surface area contributed by atoms with E-state index in [1.165, 1.54) is 18.3 Å². The molecule has 0 atom stereocenters. The van der Waals surface area contributed by atoms with Gasteiger partial charge in [-0.05, 0) is 30.3 Å². The highest BCUT2D eigenvalue weighted by molar-refractivity contribution is 5.97. The topological polar surface area (TPSA) is 115 Å². The second-order valence-corrected chi connectivity index (χ2v) is 9.15. The number of aromatic nitrogens is 2. The summed E-state index contributed by atoms with van der Waals surface area (Å²) >= 11 is 0. The molecule has 40 heavy (non-hydrogen) atoms. The summed E-state index contributed by atoms with van der Waals surface area (Å²) in [6, 6.07) is 15.4.